The molecule has 1 N–H and O–H groups in total. The molecule has 0 bridgehead atoms. The molecule has 5 aromatic rings. The molecule has 0 unspecified atom stereocenters. The molecular formula is C27H20O4. The van der Waals surface area contributed by atoms with Gasteiger partial charge >= 0.3 is 0 Å². The van der Waals surface area contributed by atoms with Gasteiger partial charge in [0, 0.05) is 17.5 Å². The predicted octanol–water partition coefficient (Wildman–Crippen LogP) is 5.92. The average molecular weight is 408 g/mol. The van der Waals surface area contributed by atoms with E-state index < -0.39 is 0 Å². The molecule has 1 heterocycles. The molecule has 0 aliphatic heterocycles. The van der Waals surface area contributed by atoms with Gasteiger partial charge in [-0.15, -0.1) is 0 Å². The number of phenolic OH excluding ortho intramolecular Hbond substituents is 1. The fraction of sp³-hybridized carbons (Fsp3) is 0.0741. The zero-order valence-corrected chi connectivity index (χ0v) is 17.0. The van der Waals surface area contributed by atoms with Crippen LogP contribution in [0, 0.1) is 0 Å². The SMILES string of the molecule is COc1ccc2cc(-c3oc4ccccc4c(=O)c3Cc3ccccc3O)ccc2c1. The standard InChI is InChI=1S/C27H20O4/c1-30-21-13-12-17-14-20(11-10-18(17)15-21)27-23(16-19-6-2-4-8-24(19)28)26(29)22-7-3-5-9-25(22)31-27/h2-15,28H,16H2,1H3. The van der Waals surface area contributed by atoms with Gasteiger partial charge in [0.1, 0.15) is 22.8 Å². The zero-order chi connectivity index (χ0) is 21.4. The number of benzene rings is 4. The van der Waals surface area contributed by atoms with Crippen molar-refractivity contribution in [3.63, 3.8) is 0 Å². The van der Waals surface area contributed by atoms with Crippen LogP contribution in [0.5, 0.6) is 11.5 Å². The van der Waals surface area contributed by atoms with Crippen LogP contribution in [-0.2, 0) is 6.42 Å². The molecule has 4 heteroatoms. The molecule has 152 valence electrons. The fourth-order valence-electron chi connectivity index (χ4n) is 3.92. The highest BCUT2D eigenvalue weighted by molar-refractivity contribution is 5.89. The Morgan fingerprint density at radius 2 is 1.61 bits per heavy atom. The van der Waals surface area contributed by atoms with Crippen molar-refractivity contribution in [2.24, 2.45) is 0 Å². The molecule has 0 aliphatic carbocycles. The van der Waals surface area contributed by atoms with E-state index in [-0.39, 0.29) is 17.6 Å². The lowest BCUT2D eigenvalue weighted by Crippen LogP contribution is -2.12. The maximum Gasteiger partial charge on any atom is 0.196 e. The molecule has 0 atom stereocenters. The van der Waals surface area contributed by atoms with Crippen LogP contribution < -0.4 is 10.2 Å². The zero-order valence-electron chi connectivity index (χ0n) is 17.0. The Labute approximate surface area is 179 Å². The van der Waals surface area contributed by atoms with Crippen LogP contribution in [0.15, 0.2) is 94.1 Å². The van der Waals surface area contributed by atoms with Gasteiger partial charge in [0.15, 0.2) is 5.43 Å². The van der Waals surface area contributed by atoms with Crippen LogP contribution in [0.1, 0.15) is 11.1 Å². The van der Waals surface area contributed by atoms with Gasteiger partial charge < -0.3 is 14.3 Å². The Morgan fingerprint density at radius 1 is 0.871 bits per heavy atom. The molecule has 31 heavy (non-hydrogen) atoms. The summed E-state index contributed by atoms with van der Waals surface area (Å²) in [5.41, 5.74) is 2.46. The molecular weight excluding hydrogens is 388 g/mol. The Kier molecular flexibility index (Phi) is 4.68. The number of phenols is 1. The molecule has 1 aromatic heterocycles. The van der Waals surface area contributed by atoms with Gasteiger partial charge in [-0.1, -0.05) is 48.5 Å². The maximum atomic E-state index is 13.4. The van der Waals surface area contributed by atoms with Gasteiger partial charge in [0.25, 0.3) is 0 Å². The topological polar surface area (TPSA) is 59.7 Å². The molecule has 0 aliphatic rings. The van der Waals surface area contributed by atoms with E-state index >= 15 is 0 Å². The summed E-state index contributed by atoms with van der Waals surface area (Å²) >= 11 is 0. The van der Waals surface area contributed by atoms with Crippen molar-refractivity contribution >= 4 is 21.7 Å². The lowest BCUT2D eigenvalue weighted by atomic mass is 9.96. The number of hydrogen-bond acceptors (Lipinski definition) is 4. The second-order valence-corrected chi connectivity index (χ2v) is 7.47. The Bertz CT molecular complexity index is 1480. The van der Waals surface area contributed by atoms with Gasteiger partial charge in [-0.2, -0.15) is 0 Å². The maximum absolute atomic E-state index is 13.4. The third-order valence-electron chi connectivity index (χ3n) is 5.56. The van der Waals surface area contributed by atoms with E-state index in [4.69, 9.17) is 9.15 Å². The largest absolute Gasteiger partial charge is 0.508 e. The monoisotopic (exact) mass is 408 g/mol. The highest BCUT2D eigenvalue weighted by Crippen LogP contribution is 2.32. The highest BCUT2D eigenvalue weighted by Gasteiger charge is 2.18. The molecule has 5 rings (SSSR count). The summed E-state index contributed by atoms with van der Waals surface area (Å²) in [6, 6.07) is 26.1. The van der Waals surface area contributed by atoms with Crippen molar-refractivity contribution in [1.29, 1.82) is 0 Å². The van der Waals surface area contributed by atoms with E-state index in [1.165, 1.54) is 0 Å². The second kappa shape index (κ2) is 7.65. The van der Waals surface area contributed by atoms with Crippen molar-refractivity contribution in [2.45, 2.75) is 6.42 Å². The van der Waals surface area contributed by atoms with E-state index in [0.717, 1.165) is 22.1 Å². The molecule has 0 radical (unpaired) electrons. The lowest BCUT2D eigenvalue weighted by Gasteiger charge is -2.12. The Hall–Kier alpha value is -4.05. The van der Waals surface area contributed by atoms with Crippen LogP contribution in [-0.4, -0.2) is 12.2 Å². The first-order valence-corrected chi connectivity index (χ1v) is 10.0. The Balaban J connectivity index is 1.74. The van der Waals surface area contributed by atoms with Crippen LogP contribution in [0.25, 0.3) is 33.1 Å². The minimum Gasteiger partial charge on any atom is -0.508 e. The molecule has 0 fully saturated rings. The van der Waals surface area contributed by atoms with E-state index in [1.807, 2.05) is 60.7 Å². The summed E-state index contributed by atoms with van der Waals surface area (Å²) in [6.45, 7) is 0. The quantitative estimate of drug-likeness (QED) is 0.401. The van der Waals surface area contributed by atoms with Gasteiger partial charge in [0.2, 0.25) is 0 Å². The third-order valence-corrected chi connectivity index (χ3v) is 5.56. The van der Waals surface area contributed by atoms with Crippen LogP contribution in [0.3, 0.4) is 0 Å². The van der Waals surface area contributed by atoms with Gasteiger partial charge in [0.05, 0.1) is 12.5 Å². The minimum absolute atomic E-state index is 0.0880. The molecule has 0 saturated heterocycles. The van der Waals surface area contributed by atoms with Crippen LogP contribution in [0.4, 0.5) is 0 Å². The molecule has 4 aromatic carbocycles. The fourth-order valence-corrected chi connectivity index (χ4v) is 3.92. The summed E-state index contributed by atoms with van der Waals surface area (Å²) in [5, 5.41) is 12.9. The van der Waals surface area contributed by atoms with Crippen molar-refractivity contribution in [1.82, 2.24) is 0 Å². The van der Waals surface area contributed by atoms with Crippen molar-refractivity contribution in [3.05, 3.63) is 106 Å². The lowest BCUT2D eigenvalue weighted by molar-refractivity contribution is 0.415. The van der Waals surface area contributed by atoms with E-state index in [0.29, 0.717) is 27.9 Å². The first-order valence-electron chi connectivity index (χ1n) is 10.0. The Morgan fingerprint density at radius 3 is 2.45 bits per heavy atom. The first-order chi connectivity index (χ1) is 15.1. The summed E-state index contributed by atoms with van der Waals surface area (Å²) < 4.78 is 11.6. The van der Waals surface area contributed by atoms with Crippen LogP contribution >= 0.6 is 0 Å². The second-order valence-electron chi connectivity index (χ2n) is 7.47. The smallest absolute Gasteiger partial charge is 0.196 e. The minimum atomic E-state index is -0.0880. The average Bonchev–Trinajstić information content (AvgIpc) is 2.81. The summed E-state index contributed by atoms with van der Waals surface area (Å²) in [4.78, 5) is 13.4. The number of aromatic hydroxyl groups is 1. The van der Waals surface area contributed by atoms with E-state index in [9.17, 15) is 9.90 Å². The number of ether oxygens (including phenoxy) is 1. The van der Waals surface area contributed by atoms with Crippen molar-refractivity contribution < 1.29 is 14.3 Å². The summed E-state index contributed by atoms with van der Waals surface area (Å²) in [6.07, 6.45) is 0.274. The normalized spacial score (nSPS) is 11.1. The van der Waals surface area contributed by atoms with Crippen molar-refractivity contribution in [3.8, 4) is 22.8 Å². The van der Waals surface area contributed by atoms with Gasteiger partial charge in [-0.25, -0.2) is 0 Å². The molecule has 0 spiro atoms. The van der Waals surface area contributed by atoms with Crippen LogP contribution in [0.2, 0.25) is 0 Å². The third kappa shape index (κ3) is 3.42. The molecule has 0 saturated carbocycles. The number of para-hydroxylation sites is 2. The van der Waals surface area contributed by atoms with Gasteiger partial charge in [-0.05, 0) is 52.7 Å². The number of fused-ring (bicyclic) bond motifs is 2. The van der Waals surface area contributed by atoms with Crippen molar-refractivity contribution in [2.75, 3.05) is 7.11 Å². The highest BCUT2D eigenvalue weighted by atomic mass is 16.5. The number of hydrogen-bond donors (Lipinski definition) is 1. The molecule has 4 nitrogen and oxygen atoms in total. The first kappa shape index (κ1) is 18.9. The summed E-state index contributed by atoms with van der Waals surface area (Å²) in [5.74, 6) is 1.47. The number of rotatable bonds is 4. The predicted molar refractivity (Wildman–Crippen MR) is 123 cm³/mol. The molecule has 0 amide bonds. The van der Waals surface area contributed by atoms with E-state index in [1.54, 1.807) is 31.4 Å². The van der Waals surface area contributed by atoms with Gasteiger partial charge in [-0.3, -0.25) is 4.79 Å². The van der Waals surface area contributed by atoms with E-state index in [2.05, 4.69) is 0 Å². The number of methoxy groups -OCH3 is 1. The summed E-state index contributed by atoms with van der Waals surface area (Å²) in [7, 11) is 1.64.